The molecule has 0 spiro atoms. The number of Topliss-reactive ketones (excluding diaryl/α,β-unsaturated/α-hetero) is 1. The van der Waals surface area contributed by atoms with Crippen molar-refractivity contribution in [1.29, 1.82) is 0 Å². The summed E-state index contributed by atoms with van der Waals surface area (Å²) in [6.07, 6.45) is 0.572. The third kappa shape index (κ3) is 5.50. The zero-order valence-electron chi connectivity index (χ0n) is 15.7. The Labute approximate surface area is 172 Å². The molecule has 1 heterocycles. The monoisotopic (exact) mass is 425 g/mol. The molecule has 1 aromatic carbocycles. The first-order valence-corrected chi connectivity index (χ1v) is 9.33. The number of hydrogen-bond acceptors (Lipinski definition) is 4. The largest absolute Gasteiger partial charge is 0.492 e. The number of hydrazine groups is 1. The zero-order valence-corrected chi connectivity index (χ0v) is 17.3. The van der Waals surface area contributed by atoms with Crippen molar-refractivity contribution in [2.45, 2.75) is 33.6 Å². The van der Waals surface area contributed by atoms with Gasteiger partial charge in [-0.1, -0.05) is 23.2 Å². The van der Waals surface area contributed by atoms with Crippen LogP contribution in [0.25, 0.3) is 0 Å². The lowest BCUT2D eigenvalue weighted by atomic mass is 10.1. The lowest BCUT2D eigenvalue weighted by Crippen LogP contribution is -2.42. The van der Waals surface area contributed by atoms with Crippen molar-refractivity contribution in [3.05, 3.63) is 50.8 Å². The van der Waals surface area contributed by atoms with Crippen molar-refractivity contribution >= 4 is 40.8 Å². The number of aromatic amines is 1. The molecule has 0 saturated heterocycles. The summed E-state index contributed by atoms with van der Waals surface area (Å²) < 4.78 is 5.50. The Bertz CT molecular complexity index is 909. The maximum atomic E-state index is 12.2. The second-order valence-corrected chi connectivity index (χ2v) is 7.05. The molecule has 2 aromatic rings. The van der Waals surface area contributed by atoms with E-state index in [1.54, 1.807) is 32.0 Å². The van der Waals surface area contributed by atoms with E-state index in [0.717, 1.165) is 0 Å². The van der Waals surface area contributed by atoms with E-state index >= 15 is 0 Å². The molecule has 150 valence electrons. The van der Waals surface area contributed by atoms with Crippen molar-refractivity contribution in [3.63, 3.8) is 0 Å². The Balaban J connectivity index is 1.77. The molecule has 2 rings (SSSR count). The van der Waals surface area contributed by atoms with Gasteiger partial charge in [0, 0.05) is 22.7 Å². The summed E-state index contributed by atoms with van der Waals surface area (Å²) in [4.78, 5) is 38.6. The first-order chi connectivity index (χ1) is 13.2. The van der Waals surface area contributed by atoms with E-state index in [9.17, 15) is 14.4 Å². The molecule has 28 heavy (non-hydrogen) atoms. The Hall–Kier alpha value is -2.51. The summed E-state index contributed by atoms with van der Waals surface area (Å²) in [6, 6.07) is 4.89. The number of aryl methyl sites for hydroxylation is 1. The highest BCUT2D eigenvalue weighted by Crippen LogP contribution is 2.27. The summed E-state index contributed by atoms with van der Waals surface area (Å²) in [6.45, 7) is 5.10. The predicted molar refractivity (Wildman–Crippen MR) is 107 cm³/mol. The molecule has 0 saturated carbocycles. The number of ether oxygens (including phenoxy) is 1. The van der Waals surface area contributed by atoms with Gasteiger partial charge >= 0.3 is 0 Å². The van der Waals surface area contributed by atoms with Crippen LogP contribution in [0.5, 0.6) is 5.75 Å². The van der Waals surface area contributed by atoms with Gasteiger partial charge in [-0.15, -0.1) is 0 Å². The Morgan fingerprint density at radius 3 is 2.46 bits per heavy atom. The molecule has 3 N–H and O–H groups in total. The minimum atomic E-state index is -0.523. The zero-order chi connectivity index (χ0) is 20.8. The van der Waals surface area contributed by atoms with Gasteiger partial charge in [-0.3, -0.25) is 25.2 Å². The number of rotatable bonds is 7. The maximum Gasteiger partial charge on any atom is 0.286 e. The highest BCUT2D eigenvalue weighted by Gasteiger charge is 2.20. The van der Waals surface area contributed by atoms with Crippen LogP contribution < -0.4 is 15.6 Å². The molecule has 0 aliphatic carbocycles. The number of hydrogen-bond donors (Lipinski definition) is 3. The van der Waals surface area contributed by atoms with Gasteiger partial charge in [-0.2, -0.15) is 0 Å². The van der Waals surface area contributed by atoms with Crippen LogP contribution in [0, 0.1) is 13.8 Å². The molecule has 0 bridgehead atoms. The fourth-order valence-corrected chi connectivity index (χ4v) is 3.23. The molecule has 0 fully saturated rings. The van der Waals surface area contributed by atoms with E-state index in [-0.39, 0.29) is 30.4 Å². The quantitative estimate of drug-likeness (QED) is 0.357. The van der Waals surface area contributed by atoms with Gasteiger partial charge < -0.3 is 9.72 Å². The molecule has 9 heteroatoms. The summed E-state index contributed by atoms with van der Waals surface area (Å²) in [5.41, 5.74) is 6.55. The fourth-order valence-electron chi connectivity index (χ4n) is 2.76. The highest BCUT2D eigenvalue weighted by molar-refractivity contribution is 6.35. The molecule has 0 unspecified atom stereocenters. The molecule has 0 aliphatic rings. The van der Waals surface area contributed by atoms with Crippen molar-refractivity contribution in [2.75, 3.05) is 6.61 Å². The predicted octanol–water partition coefficient (Wildman–Crippen LogP) is 3.76. The lowest BCUT2D eigenvalue weighted by molar-refractivity contribution is -0.122. The minimum absolute atomic E-state index is 0.130. The highest BCUT2D eigenvalue weighted by atomic mass is 35.5. The SMILES string of the molecule is CC(=O)c1c(C)[nH]c(C(=O)NNC(=O)CCCOc2ccc(Cl)cc2Cl)c1C. The standard InChI is InChI=1S/C19H21Cl2N3O4/c1-10-17(12(3)25)11(2)22-18(10)19(27)24-23-16(26)5-4-8-28-15-7-6-13(20)9-14(15)21/h6-7,9,22H,4-5,8H2,1-3H3,(H,23,26)(H,24,27). The average molecular weight is 426 g/mol. The van der Waals surface area contributed by atoms with Crippen LogP contribution in [0.1, 0.15) is 51.9 Å². The van der Waals surface area contributed by atoms with Gasteiger partial charge in [0.25, 0.3) is 5.91 Å². The van der Waals surface area contributed by atoms with Crippen LogP contribution in [0.3, 0.4) is 0 Å². The number of nitrogens with one attached hydrogen (secondary N) is 3. The Morgan fingerprint density at radius 1 is 1.14 bits per heavy atom. The van der Waals surface area contributed by atoms with Crippen LogP contribution >= 0.6 is 23.2 Å². The van der Waals surface area contributed by atoms with Gasteiger partial charge in [0.15, 0.2) is 5.78 Å². The molecule has 0 atom stereocenters. The number of ketones is 1. The molecule has 7 nitrogen and oxygen atoms in total. The van der Waals surface area contributed by atoms with Crippen molar-refractivity contribution in [2.24, 2.45) is 0 Å². The van der Waals surface area contributed by atoms with E-state index in [4.69, 9.17) is 27.9 Å². The summed E-state index contributed by atoms with van der Waals surface area (Å²) >= 11 is 11.8. The third-order valence-corrected chi connectivity index (χ3v) is 4.56. The van der Waals surface area contributed by atoms with Crippen LogP contribution in [0.15, 0.2) is 18.2 Å². The molecule has 0 radical (unpaired) electrons. The number of carbonyl (C=O) groups excluding carboxylic acids is 3. The number of carbonyl (C=O) groups is 3. The molecule has 2 amide bonds. The van der Waals surface area contributed by atoms with Crippen LogP contribution in [-0.4, -0.2) is 29.2 Å². The summed E-state index contributed by atoms with van der Waals surface area (Å²) in [7, 11) is 0. The number of halogens is 2. The van der Waals surface area contributed by atoms with E-state index in [1.165, 1.54) is 6.92 Å². The van der Waals surface area contributed by atoms with Gasteiger partial charge in [-0.05, 0) is 51.0 Å². The topological polar surface area (TPSA) is 100 Å². The number of H-pyrrole nitrogens is 1. The van der Waals surface area contributed by atoms with E-state index < -0.39 is 5.91 Å². The smallest absolute Gasteiger partial charge is 0.286 e. The Kier molecular flexibility index (Phi) is 7.48. The Morgan fingerprint density at radius 2 is 1.86 bits per heavy atom. The number of aromatic nitrogens is 1. The second-order valence-electron chi connectivity index (χ2n) is 6.21. The second kappa shape index (κ2) is 9.61. The normalized spacial score (nSPS) is 10.5. The molecule has 1 aromatic heterocycles. The first-order valence-electron chi connectivity index (χ1n) is 8.57. The fraction of sp³-hybridized carbons (Fsp3) is 0.316. The van der Waals surface area contributed by atoms with E-state index in [1.807, 2.05) is 0 Å². The van der Waals surface area contributed by atoms with Crippen LogP contribution in [0.4, 0.5) is 0 Å². The molecular formula is C19H21Cl2N3O4. The third-order valence-electron chi connectivity index (χ3n) is 4.03. The average Bonchev–Trinajstić information content (AvgIpc) is 2.92. The van der Waals surface area contributed by atoms with E-state index in [2.05, 4.69) is 15.8 Å². The molecular weight excluding hydrogens is 405 g/mol. The lowest BCUT2D eigenvalue weighted by Gasteiger charge is -2.09. The number of amides is 2. The first kappa shape index (κ1) is 21.8. The maximum absolute atomic E-state index is 12.2. The van der Waals surface area contributed by atoms with Gasteiger partial charge in [0.2, 0.25) is 5.91 Å². The minimum Gasteiger partial charge on any atom is -0.492 e. The van der Waals surface area contributed by atoms with Crippen molar-refractivity contribution < 1.29 is 19.1 Å². The van der Waals surface area contributed by atoms with Crippen molar-refractivity contribution in [3.8, 4) is 5.75 Å². The van der Waals surface area contributed by atoms with Crippen molar-refractivity contribution in [1.82, 2.24) is 15.8 Å². The summed E-state index contributed by atoms with van der Waals surface area (Å²) in [5.74, 6) is -0.536. The van der Waals surface area contributed by atoms with Crippen LogP contribution in [0.2, 0.25) is 10.0 Å². The van der Waals surface area contributed by atoms with E-state index in [0.29, 0.717) is 39.0 Å². The number of benzene rings is 1. The van der Waals surface area contributed by atoms with Gasteiger partial charge in [-0.25, -0.2) is 0 Å². The van der Waals surface area contributed by atoms with Gasteiger partial charge in [0.1, 0.15) is 11.4 Å². The summed E-state index contributed by atoms with van der Waals surface area (Å²) in [5, 5.41) is 0.904. The van der Waals surface area contributed by atoms with Gasteiger partial charge in [0.05, 0.1) is 11.6 Å². The molecule has 0 aliphatic heterocycles. The van der Waals surface area contributed by atoms with Crippen LogP contribution in [-0.2, 0) is 4.79 Å².